The lowest BCUT2D eigenvalue weighted by Gasteiger charge is -2.26. The largest absolute Gasteiger partial charge is 0.495 e. The molecule has 0 aliphatic carbocycles. The highest BCUT2D eigenvalue weighted by molar-refractivity contribution is 7.89. The number of amides is 1. The van der Waals surface area contributed by atoms with E-state index in [4.69, 9.17) is 4.74 Å². The van der Waals surface area contributed by atoms with Gasteiger partial charge in [0, 0.05) is 18.8 Å². The first kappa shape index (κ1) is 21.1. The smallest absolute Gasteiger partial charge is 0.279 e. The van der Waals surface area contributed by atoms with Gasteiger partial charge in [-0.1, -0.05) is 6.42 Å². The number of hydrogen-bond acceptors (Lipinski definition) is 4. The number of nitrogens with zero attached hydrogens (tertiary/aromatic N) is 1. The number of benzene rings is 1. The summed E-state index contributed by atoms with van der Waals surface area (Å²) in [5.74, 6) is 0.227. The van der Waals surface area contributed by atoms with Crippen LogP contribution in [0.2, 0.25) is 0 Å². The van der Waals surface area contributed by atoms with Gasteiger partial charge in [0.05, 0.1) is 20.2 Å². The summed E-state index contributed by atoms with van der Waals surface area (Å²) in [6.45, 7) is 3.51. The Kier molecular flexibility index (Phi) is 7.31. The number of carbonyl (C=O) groups excluding carboxylic acids is 1. The first-order valence-corrected chi connectivity index (χ1v) is 11.8. The maximum Gasteiger partial charge on any atom is 0.279 e. The molecule has 0 atom stereocenters. The van der Waals surface area contributed by atoms with Crippen LogP contribution in [0.3, 0.4) is 0 Å². The summed E-state index contributed by atoms with van der Waals surface area (Å²) in [5.41, 5.74) is 0.496. The highest BCUT2D eigenvalue weighted by Gasteiger charge is 2.29. The third-order valence-corrected chi connectivity index (χ3v) is 7.52. The van der Waals surface area contributed by atoms with Crippen molar-refractivity contribution >= 4 is 21.6 Å². The highest BCUT2D eigenvalue weighted by atomic mass is 32.2. The van der Waals surface area contributed by atoms with Crippen LogP contribution in [0.15, 0.2) is 23.1 Å². The van der Waals surface area contributed by atoms with Crippen LogP contribution in [0.1, 0.15) is 44.9 Å². The van der Waals surface area contributed by atoms with Crippen LogP contribution in [0.4, 0.5) is 5.69 Å². The van der Waals surface area contributed by atoms with E-state index in [0.29, 0.717) is 31.1 Å². The van der Waals surface area contributed by atoms with Crippen molar-refractivity contribution in [2.75, 3.05) is 45.2 Å². The molecule has 1 amide bonds. The van der Waals surface area contributed by atoms with Gasteiger partial charge in [-0.15, -0.1) is 0 Å². The van der Waals surface area contributed by atoms with E-state index in [1.165, 1.54) is 35.2 Å². The van der Waals surface area contributed by atoms with Crippen molar-refractivity contribution in [1.29, 1.82) is 0 Å². The highest BCUT2D eigenvalue weighted by Crippen LogP contribution is 2.31. The Hall–Kier alpha value is -1.64. The molecule has 1 aromatic rings. The first-order valence-electron chi connectivity index (χ1n) is 10.3. The Morgan fingerprint density at radius 3 is 2.36 bits per heavy atom. The number of carbonyl (C=O) groups is 1. The van der Waals surface area contributed by atoms with Crippen LogP contribution >= 0.6 is 0 Å². The Morgan fingerprint density at radius 2 is 1.71 bits per heavy atom. The average Bonchev–Trinajstić information content (AvgIpc) is 2.97. The van der Waals surface area contributed by atoms with E-state index < -0.39 is 10.0 Å². The van der Waals surface area contributed by atoms with Gasteiger partial charge in [0.15, 0.2) is 6.54 Å². The monoisotopic (exact) mass is 410 g/mol. The van der Waals surface area contributed by atoms with Gasteiger partial charge in [-0.2, -0.15) is 4.31 Å². The number of quaternary nitrogens is 1. The van der Waals surface area contributed by atoms with Gasteiger partial charge in [0.2, 0.25) is 10.0 Å². The van der Waals surface area contributed by atoms with E-state index in [9.17, 15) is 13.2 Å². The Balaban J connectivity index is 1.73. The summed E-state index contributed by atoms with van der Waals surface area (Å²) in [7, 11) is -2.18. The van der Waals surface area contributed by atoms with E-state index in [-0.39, 0.29) is 10.8 Å². The zero-order chi connectivity index (χ0) is 20.0. The second kappa shape index (κ2) is 9.71. The second-order valence-electron chi connectivity index (χ2n) is 7.72. The first-order chi connectivity index (χ1) is 13.5. The van der Waals surface area contributed by atoms with Gasteiger partial charge >= 0.3 is 0 Å². The van der Waals surface area contributed by atoms with Crippen LogP contribution < -0.4 is 15.0 Å². The topological polar surface area (TPSA) is 80.1 Å². The molecule has 0 unspecified atom stereocenters. The lowest BCUT2D eigenvalue weighted by molar-refractivity contribution is -0.890. The van der Waals surface area contributed by atoms with Gasteiger partial charge in [0.1, 0.15) is 10.6 Å². The summed E-state index contributed by atoms with van der Waals surface area (Å²) in [4.78, 5) is 13.9. The molecule has 156 valence electrons. The van der Waals surface area contributed by atoms with Crippen molar-refractivity contribution in [2.45, 2.75) is 49.8 Å². The molecule has 0 bridgehead atoms. The normalized spacial score (nSPS) is 19.8. The summed E-state index contributed by atoms with van der Waals surface area (Å²) in [6, 6.07) is 4.84. The maximum atomic E-state index is 13.1. The quantitative estimate of drug-likeness (QED) is 0.740. The van der Waals surface area contributed by atoms with Crippen LogP contribution in [-0.4, -0.2) is 58.5 Å². The van der Waals surface area contributed by atoms with E-state index in [0.717, 1.165) is 45.2 Å². The standard InChI is InChI=1S/C20H31N3O4S/c1-27-18-10-9-17(21-20(24)16-22-11-5-2-3-6-12-22)15-19(18)28(25,26)23-13-7-4-8-14-23/h9-10,15H,2-8,11-14,16H2,1H3,(H,21,24)/p+1. The number of piperidine rings is 1. The molecule has 2 saturated heterocycles. The molecule has 2 fully saturated rings. The number of anilines is 1. The fourth-order valence-corrected chi connectivity index (χ4v) is 5.74. The van der Waals surface area contributed by atoms with E-state index in [1.807, 2.05) is 0 Å². The molecule has 2 N–H and O–H groups in total. The fraction of sp³-hybridized carbons (Fsp3) is 0.650. The third-order valence-electron chi connectivity index (χ3n) is 5.60. The fourth-order valence-electron chi connectivity index (χ4n) is 4.04. The molecule has 0 spiro atoms. The van der Waals surface area contributed by atoms with Crippen molar-refractivity contribution in [3.05, 3.63) is 18.2 Å². The lowest BCUT2D eigenvalue weighted by atomic mass is 10.2. The predicted octanol–water partition coefficient (Wildman–Crippen LogP) is 1.27. The number of nitrogens with one attached hydrogen (secondary N) is 2. The van der Waals surface area contributed by atoms with Crippen molar-refractivity contribution in [3.63, 3.8) is 0 Å². The lowest BCUT2D eigenvalue weighted by Crippen LogP contribution is -3.12. The molecule has 3 rings (SSSR count). The van der Waals surface area contributed by atoms with E-state index >= 15 is 0 Å². The molecule has 28 heavy (non-hydrogen) atoms. The zero-order valence-corrected chi connectivity index (χ0v) is 17.5. The van der Waals surface area contributed by atoms with Gasteiger partial charge in [-0.3, -0.25) is 4.79 Å². The number of hydrogen-bond donors (Lipinski definition) is 2. The number of rotatable bonds is 6. The minimum Gasteiger partial charge on any atom is -0.495 e. The van der Waals surface area contributed by atoms with Gasteiger partial charge in [-0.05, 0) is 56.7 Å². The number of likely N-dealkylation sites (tertiary alicyclic amines) is 1. The Bertz CT molecular complexity index is 768. The molecule has 1 aromatic carbocycles. The van der Waals surface area contributed by atoms with E-state index in [1.54, 1.807) is 12.1 Å². The molecular formula is C20H32N3O4S+. The molecule has 2 aliphatic rings. The molecule has 0 radical (unpaired) electrons. The molecule has 7 nitrogen and oxygen atoms in total. The van der Waals surface area contributed by atoms with Gasteiger partial charge in [0.25, 0.3) is 5.91 Å². The van der Waals surface area contributed by atoms with Crippen molar-refractivity contribution in [3.8, 4) is 5.75 Å². The molecule has 2 aliphatic heterocycles. The summed E-state index contributed by atoms with van der Waals surface area (Å²) in [6.07, 6.45) is 7.58. The predicted molar refractivity (Wildman–Crippen MR) is 108 cm³/mol. The molecule has 0 aromatic heterocycles. The molecular weight excluding hydrogens is 378 g/mol. The van der Waals surface area contributed by atoms with Crippen LogP contribution in [0, 0.1) is 0 Å². The van der Waals surface area contributed by atoms with Crippen molar-refractivity contribution < 1.29 is 22.8 Å². The van der Waals surface area contributed by atoms with E-state index in [2.05, 4.69) is 5.32 Å². The summed E-state index contributed by atoms with van der Waals surface area (Å²) < 4.78 is 33.0. The maximum absolute atomic E-state index is 13.1. The minimum absolute atomic E-state index is 0.0802. The number of sulfonamides is 1. The molecule has 8 heteroatoms. The average molecular weight is 411 g/mol. The van der Waals surface area contributed by atoms with Gasteiger partial charge in [-0.25, -0.2) is 8.42 Å². The Labute approximate surface area is 168 Å². The van der Waals surface area contributed by atoms with Gasteiger partial charge < -0.3 is 15.0 Å². The van der Waals surface area contributed by atoms with Crippen LogP contribution in [0.25, 0.3) is 0 Å². The number of methoxy groups -OCH3 is 1. The SMILES string of the molecule is COc1ccc(NC(=O)C[NH+]2CCCCCC2)cc1S(=O)(=O)N1CCCCC1. The minimum atomic E-state index is -3.64. The molecule has 0 saturated carbocycles. The second-order valence-corrected chi connectivity index (χ2v) is 9.63. The van der Waals surface area contributed by atoms with Crippen molar-refractivity contribution in [1.82, 2.24) is 4.31 Å². The number of ether oxygens (including phenoxy) is 1. The summed E-state index contributed by atoms with van der Waals surface area (Å²) >= 11 is 0. The van der Waals surface area contributed by atoms with Crippen LogP contribution in [0.5, 0.6) is 5.75 Å². The van der Waals surface area contributed by atoms with Crippen LogP contribution in [-0.2, 0) is 14.8 Å². The third kappa shape index (κ3) is 5.24. The van der Waals surface area contributed by atoms with Crippen molar-refractivity contribution in [2.24, 2.45) is 0 Å². The zero-order valence-electron chi connectivity index (χ0n) is 16.7. The summed E-state index contributed by atoms with van der Waals surface area (Å²) in [5, 5.41) is 2.88. The Morgan fingerprint density at radius 1 is 1.07 bits per heavy atom. The molecule has 2 heterocycles.